The Morgan fingerprint density at radius 1 is 1.37 bits per heavy atom. The molecule has 1 aromatic carbocycles. The topological polar surface area (TPSA) is 95.5 Å². The van der Waals surface area contributed by atoms with Crippen LogP contribution in [0.1, 0.15) is 26.3 Å². The summed E-state index contributed by atoms with van der Waals surface area (Å²) < 4.78 is 5.25. The van der Waals surface area contributed by atoms with Crippen LogP contribution in [0.5, 0.6) is 0 Å². The van der Waals surface area contributed by atoms with Gasteiger partial charge < -0.3 is 10.5 Å². The first-order valence-electron chi connectivity index (χ1n) is 5.47. The Bertz CT molecular complexity index is 457. The zero-order chi connectivity index (χ0) is 13.9. The van der Waals surface area contributed by atoms with Crippen LogP contribution in [-0.4, -0.2) is 16.9 Å². The van der Waals surface area contributed by atoms with Gasteiger partial charge in [0, 0.05) is 12.1 Å². The van der Waals surface area contributed by atoms with E-state index in [1.54, 1.807) is 26.0 Å². The number of nitro benzene ring substituents is 1. The molecule has 0 aliphatic carbocycles. The number of non-ortho nitro benzene ring substituents is 1. The number of nitrogens with zero attached hydrogens (tertiary/aromatic N) is 1. The number of nitro groups is 1. The predicted octanol–water partition coefficient (Wildman–Crippen LogP) is 2.14. The van der Waals surface area contributed by atoms with Gasteiger partial charge in [0.2, 0.25) is 0 Å². The van der Waals surface area contributed by atoms with Crippen LogP contribution in [0.15, 0.2) is 24.3 Å². The first kappa shape index (κ1) is 17.3. The zero-order valence-electron chi connectivity index (χ0n) is 11.0. The van der Waals surface area contributed by atoms with Gasteiger partial charge in [-0.05, 0) is 38.5 Å². The zero-order valence-corrected chi connectivity index (χ0v) is 11.8. The second kappa shape index (κ2) is 6.49. The maximum absolute atomic E-state index is 11.5. The molecule has 1 aromatic rings. The van der Waals surface area contributed by atoms with Crippen LogP contribution in [0, 0.1) is 10.1 Å². The minimum absolute atomic E-state index is 0. The number of halogens is 1. The summed E-state index contributed by atoms with van der Waals surface area (Å²) in [4.78, 5) is 21.5. The van der Waals surface area contributed by atoms with Crippen molar-refractivity contribution in [2.45, 2.75) is 32.4 Å². The molecule has 0 saturated heterocycles. The third-order valence-corrected chi connectivity index (χ3v) is 2.50. The lowest BCUT2D eigenvalue weighted by Crippen LogP contribution is -2.35. The third kappa shape index (κ3) is 4.50. The van der Waals surface area contributed by atoms with Gasteiger partial charge in [0.15, 0.2) is 0 Å². The summed E-state index contributed by atoms with van der Waals surface area (Å²) in [5.74, 6) is -0.515. The predicted molar refractivity (Wildman–Crippen MR) is 73.1 cm³/mol. The number of carbonyl (C=O) groups excluding carboxylic acids is 1. The average Bonchev–Trinajstić information content (AvgIpc) is 2.28. The van der Waals surface area contributed by atoms with Gasteiger partial charge >= 0.3 is 5.97 Å². The van der Waals surface area contributed by atoms with Crippen LogP contribution < -0.4 is 5.73 Å². The van der Waals surface area contributed by atoms with E-state index < -0.39 is 22.5 Å². The van der Waals surface area contributed by atoms with Crippen molar-refractivity contribution in [1.29, 1.82) is 0 Å². The van der Waals surface area contributed by atoms with E-state index in [2.05, 4.69) is 0 Å². The number of esters is 1. The molecule has 0 spiro atoms. The first-order valence-corrected chi connectivity index (χ1v) is 5.47. The van der Waals surface area contributed by atoms with E-state index in [-0.39, 0.29) is 18.1 Å². The number of nitrogens with two attached hydrogens (primary N) is 1. The van der Waals surface area contributed by atoms with Crippen molar-refractivity contribution in [2.24, 2.45) is 5.73 Å². The molecule has 2 N–H and O–H groups in total. The molecule has 6 nitrogen and oxygen atoms in total. The van der Waals surface area contributed by atoms with Gasteiger partial charge in [0.25, 0.3) is 5.69 Å². The summed E-state index contributed by atoms with van der Waals surface area (Å²) >= 11 is 0. The molecule has 0 radical (unpaired) electrons. The molecule has 0 fully saturated rings. The molecular formula is C12H17ClN2O4. The Morgan fingerprint density at radius 3 is 2.21 bits per heavy atom. The Kier molecular flexibility index (Phi) is 5.92. The molecule has 19 heavy (non-hydrogen) atoms. The summed E-state index contributed by atoms with van der Waals surface area (Å²) in [7, 11) is 0. The number of benzene rings is 1. The molecule has 0 unspecified atom stereocenters. The molecule has 106 valence electrons. The van der Waals surface area contributed by atoms with Gasteiger partial charge in [0.05, 0.1) is 4.92 Å². The average molecular weight is 289 g/mol. The highest BCUT2D eigenvalue weighted by Gasteiger charge is 2.27. The van der Waals surface area contributed by atoms with E-state index in [1.807, 2.05) is 0 Å². The molecule has 0 aliphatic rings. The van der Waals surface area contributed by atoms with Crippen molar-refractivity contribution in [1.82, 2.24) is 0 Å². The van der Waals surface area contributed by atoms with Crippen molar-refractivity contribution in [2.75, 3.05) is 0 Å². The van der Waals surface area contributed by atoms with Gasteiger partial charge in [-0.15, -0.1) is 12.4 Å². The van der Waals surface area contributed by atoms with Gasteiger partial charge in [-0.2, -0.15) is 0 Å². The normalized spacial score (nSPS) is 12.2. The molecule has 0 amide bonds. The molecule has 0 bridgehead atoms. The molecule has 0 saturated carbocycles. The molecule has 1 atom stereocenters. The van der Waals surface area contributed by atoms with E-state index in [1.165, 1.54) is 19.1 Å². The number of hydrogen-bond donors (Lipinski definition) is 1. The standard InChI is InChI=1S/C12H16N2O4.ClH/c1-8(13)11(15)18-12(2,3)9-4-6-10(7-5-9)14(16)17;/h4-8H,13H2,1-3H3;1H/t8-;/m0./s1. The fourth-order valence-corrected chi connectivity index (χ4v) is 1.39. The van der Waals surface area contributed by atoms with E-state index in [4.69, 9.17) is 10.5 Å². The van der Waals surface area contributed by atoms with Crippen molar-refractivity contribution >= 4 is 24.1 Å². The molecule has 0 heterocycles. The van der Waals surface area contributed by atoms with Crippen LogP contribution in [0.25, 0.3) is 0 Å². The lowest BCUT2D eigenvalue weighted by Gasteiger charge is -2.26. The summed E-state index contributed by atoms with van der Waals surface area (Å²) in [6, 6.07) is 5.16. The van der Waals surface area contributed by atoms with Gasteiger partial charge in [-0.25, -0.2) is 0 Å². The van der Waals surface area contributed by atoms with Crippen molar-refractivity contribution in [3.8, 4) is 0 Å². The van der Waals surface area contributed by atoms with Crippen LogP contribution in [0.3, 0.4) is 0 Å². The molecule has 0 aliphatic heterocycles. The second-order valence-electron chi connectivity index (χ2n) is 4.52. The number of hydrogen-bond acceptors (Lipinski definition) is 5. The Labute approximate surface area is 117 Å². The maximum atomic E-state index is 11.5. The highest BCUT2D eigenvalue weighted by atomic mass is 35.5. The molecular weight excluding hydrogens is 272 g/mol. The summed E-state index contributed by atoms with van der Waals surface area (Å²) in [5.41, 5.74) is 5.21. The molecule has 7 heteroatoms. The van der Waals surface area contributed by atoms with Gasteiger partial charge in [-0.1, -0.05) is 0 Å². The highest BCUT2D eigenvalue weighted by Crippen LogP contribution is 2.26. The highest BCUT2D eigenvalue weighted by molar-refractivity contribution is 5.85. The Hall–Kier alpha value is -1.66. The van der Waals surface area contributed by atoms with Gasteiger partial charge in [0.1, 0.15) is 11.6 Å². The lowest BCUT2D eigenvalue weighted by atomic mass is 9.97. The van der Waals surface area contributed by atoms with Crippen LogP contribution in [0.2, 0.25) is 0 Å². The maximum Gasteiger partial charge on any atom is 0.323 e. The van der Waals surface area contributed by atoms with Crippen LogP contribution in [0.4, 0.5) is 5.69 Å². The Balaban J connectivity index is 0.00000324. The second-order valence-corrected chi connectivity index (χ2v) is 4.52. The van der Waals surface area contributed by atoms with Gasteiger partial charge in [-0.3, -0.25) is 14.9 Å². The monoisotopic (exact) mass is 288 g/mol. The quantitative estimate of drug-likeness (QED) is 0.520. The SMILES string of the molecule is C[C@H](N)C(=O)OC(C)(C)c1ccc([N+](=O)[O-])cc1.Cl. The smallest absolute Gasteiger partial charge is 0.323 e. The number of carbonyl (C=O) groups is 1. The van der Waals surface area contributed by atoms with Crippen LogP contribution in [-0.2, 0) is 15.1 Å². The first-order chi connectivity index (χ1) is 8.24. The minimum atomic E-state index is -0.875. The largest absolute Gasteiger partial charge is 0.454 e. The number of ether oxygens (including phenoxy) is 1. The van der Waals surface area contributed by atoms with E-state index in [0.29, 0.717) is 5.56 Å². The lowest BCUT2D eigenvalue weighted by molar-refractivity contribution is -0.384. The number of rotatable bonds is 4. The minimum Gasteiger partial charge on any atom is -0.454 e. The summed E-state index contributed by atoms with van der Waals surface area (Å²) in [5, 5.41) is 10.5. The Morgan fingerprint density at radius 2 is 1.84 bits per heavy atom. The van der Waals surface area contributed by atoms with Crippen LogP contribution >= 0.6 is 12.4 Å². The molecule has 1 rings (SSSR count). The molecule has 0 aromatic heterocycles. The fourth-order valence-electron chi connectivity index (χ4n) is 1.39. The van der Waals surface area contributed by atoms with Crippen molar-refractivity contribution < 1.29 is 14.5 Å². The summed E-state index contributed by atoms with van der Waals surface area (Å²) in [6.45, 7) is 4.94. The third-order valence-electron chi connectivity index (χ3n) is 2.50. The van der Waals surface area contributed by atoms with E-state index >= 15 is 0 Å². The van der Waals surface area contributed by atoms with Crippen molar-refractivity contribution in [3.05, 3.63) is 39.9 Å². The van der Waals surface area contributed by atoms with Crippen molar-refractivity contribution in [3.63, 3.8) is 0 Å². The van der Waals surface area contributed by atoms with E-state index in [0.717, 1.165) is 0 Å². The summed E-state index contributed by atoms with van der Waals surface area (Å²) in [6.07, 6.45) is 0. The van der Waals surface area contributed by atoms with E-state index in [9.17, 15) is 14.9 Å². The fraction of sp³-hybridized carbons (Fsp3) is 0.417.